The fourth-order valence-electron chi connectivity index (χ4n) is 2.64. The lowest BCUT2D eigenvalue weighted by Crippen LogP contribution is -2.31. The van der Waals surface area contributed by atoms with Crippen molar-refractivity contribution in [2.24, 2.45) is 0 Å². The Morgan fingerprint density at radius 3 is 2.79 bits per heavy atom. The van der Waals surface area contributed by atoms with Crippen molar-refractivity contribution in [3.8, 4) is 5.69 Å². The molecular formula is C17H23N7. The molecule has 7 nitrogen and oxygen atoms in total. The van der Waals surface area contributed by atoms with E-state index in [2.05, 4.69) is 46.0 Å². The Bertz CT molecular complexity index is 747. The van der Waals surface area contributed by atoms with Crippen LogP contribution in [0.1, 0.15) is 24.7 Å². The minimum Gasteiger partial charge on any atom is -0.312 e. The Morgan fingerprint density at radius 2 is 2.04 bits per heavy atom. The summed E-state index contributed by atoms with van der Waals surface area (Å²) in [6.07, 6.45) is 5.76. The van der Waals surface area contributed by atoms with Crippen molar-refractivity contribution in [3.05, 3.63) is 54.1 Å². The van der Waals surface area contributed by atoms with Gasteiger partial charge in [-0.05, 0) is 54.9 Å². The van der Waals surface area contributed by atoms with Crippen molar-refractivity contribution in [1.29, 1.82) is 0 Å². The summed E-state index contributed by atoms with van der Waals surface area (Å²) in [6.45, 7) is 6.02. The highest BCUT2D eigenvalue weighted by molar-refractivity contribution is 5.30. The molecular weight excluding hydrogens is 302 g/mol. The van der Waals surface area contributed by atoms with E-state index in [4.69, 9.17) is 0 Å². The lowest BCUT2D eigenvalue weighted by atomic mass is 10.2. The van der Waals surface area contributed by atoms with Crippen molar-refractivity contribution < 1.29 is 0 Å². The number of rotatable bonds is 8. The standard InChI is InChI=1S/C17H23N7/c1-14-11-19-23(12-14)13-15(2)18-10-6-9-17-20-21-22-24(17)16-7-4-3-5-8-16/h3-5,7-8,11-12,15,18H,6,9-10,13H2,1-2H3/t15-/m1/s1. The number of hydrogen-bond acceptors (Lipinski definition) is 5. The van der Waals surface area contributed by atoms with E-state index in [0.29, 0.717) is 6.04 Å². The first-order chi connectivity index (χ1) is 11.7. The van der Waals surface area contributed by atoms with E-state index in [1.165, 1.54) is 5.56 Å². The SMILES string of the molecule is Cc1cnn(C[C@@H](C)NCCCc2nnnn2-c2ccccc2)c1. The quantitative estimate of drug-likeness (QED) is 0.639. The van der Waals surface area contributed by atoms with E-state index < -0.39 is 0 Å². The zero-order valence-corrected chi connectivity index (χ0v) is 14.1. The Kier molecular flexibility index (Phi) is 5.32. The predicted octanol–water partition coefficient (Wildman–Crippen LogP) is 1.78. The van der Waals surface area contributed by atoms with Gasteiger partial charge < -0.3 is 5.32 Å². The first-order valence-electron chi connectivity index (χ1n) is 8.27. The number of tetrazole rings is 1. The third-order valence-electron chi connectivity index (χ3n) is 3.83. The second-order valence-corrected chi connectivity index (χ2v) is 6.04. The largest absolute Gasteiger partial charge is 0.312 e. The second kappa shape index (κ2) is 7.83. The first-order valence-corrected chi connectivity index (χ1v) is 8.27. The third kappa shape index (κ3) is 4.26. The van der Waals surface area contributed by atoms with Gasteiger partial charge in [0.15, 0.2) is 5.82 Å². The number of benzene rings is 1. The van der Waals surface area contributed by atoms with Crippen molar-refractivity contribution in [1.82, 2.24) is 35.3 Å². The van der Waals surface area contributed by atoms with E-state index in [9.17, 15) is 0 Å². The first kappa shape index (κ1) is 16.3. The minimum absolute atomic E-state index is 0.370. The molecule has 0 bridgehead atoms. The predicted molar refractivity (Wildman–Crippen MR) is 91.9 cm³/mol. The van der Waals surface area contributed by atoms with Crippen molar-refractivity contribution >= 4 is 0 Å². The molecule has 0 saturated carbocycles. The summed E-state index contributed by atoms with van der Waals surface area (Å²) in [6, 6.07) is 10.3. The molecule has 0 saturated heterocycles. The van der Waals surface area contributed by atoms with E-state index >= 15 is 0 Å². The molecule has 1 aromatic carbocycles. The molecule has 24 heavy (non-hydrogen) atoms. The Balaban J connectivity index is 1.45. The van der Waals surface area contributed by atoms with Crippen LogP contribution in [0, 0.1) is 6.92 Å². The van der Waals surface area contributed by atoms with Gasteiger partial charge in [-0.3, -0.25) is 4.68 Å². The molecule has 0 aliphatic carbocycles. The maximum atomic E-state index is 4.32. The lowest BCUT2D eigenvalue weighted by Gasteiger charge is -2.13. The molecule has 0 radical (unpaired) electrons. The van der Waals surface area contributed by atoms with Gasteiger partial charge in [-0.2, -0.15) is 9.78 Å². The van der Waals surface area contributed by atoms with E-state index in [0.717, 1.165) is 37.4 Å². The van der Waals surface area contributed by atoms with Crippen LogP contribution >= 0.6 is 0 Å². The number of aromatic nitrogens is 6. The summed E-state index contributed by atoms with van der Waals surface area (Å²) in [7, 11) is 0. The average Bonchev–Trinajstić information content (AvgIpc) is 3.21. The molecule has 1 atom stereocenters. The highest BCUT2D eigenvalue weighted by atomic mass is 15.5. The van der Waals surface area contributed by atoms with Crippen molar-refractivity contribution in [2.45, 2.75) is 39.3 Å². The molecule has 3 aromatic rings. The molecule has 7 heteroatoms. The number of para-hydroxylation sites is 1. The van der Waals surface area contributed by atoms with Gasteiger partial charge in [-0.25, -0.2) is 0 Å². The zero-order chi connectivity index (χ0) is 16.8. The summed E-state index contributed by atoms with van der Waals surface area (Å²) in [4.78, 5) is 0. The van der Waals surface area contributed by atoms with E-state index in [1.807, 2.05) is 41.2 Å². The number of nitrogens with zero attached hydrogens (tertiary/aromatic N) is 6. The van der Waals surface area contributed by atoms with Gasteiger partial charge in [0.25, 0.3) is 0 Å². The maximum absolute atomic E-state index is 4.32. The van der Waals surface area contributed by atoms with Crippen LogP contribution in [-0.2, 0) is 13.0 Å². The highest BCUT2D eigenvalue weighted by Gasteiger charge is 2.08. The molecule has 0 aliphatic heterocycles. The molecule has 126 valence electrons. The van der Waals surface area contributed by atoms with Crippen molar-refractivity contribution in [2.75, 3.05) is 6.54 Å². The maximum Gasteiger partial charge on any atom is 0.156 e. The molecule has 2 aromatic heterocycles. The van der Waals surface area contributed by atoms with Crippen LogP contribution in [0.3, 0.4) is 0 Å². The van der Waals surface area contributed by atoms with Crippen molar-refractivity contribution in [3.63, 3.8) is 0 Å². The molecule has 0 unspecified atom stereocenters. The fraction of sp³-hybridized carbons (Fsp3) is 0.412. The van der Waals surface area contributed by atoms with E-state index in [-0.39, 0.29) is 0 Å². The Hall–Kier alpha value is -2.54. The van der Waals surface area contributed by atoms with Gasteiger partial charge in [-0.1, -0.05) is 18.2 Å². The number of aryl methyl sites for hydroxylation is 2. The molecule has 3 rings (SSSR count). The van der Waals surface area contributed by atoms with Crippen LogP contribution in [0.5, 0.6) is 0 Å². The van der Waals surface area contributed by atoms with Crippen LogP contribution in [-0.4, -0.2) is 42.6 Å². The summed E-state index contributed by atoms with van der Waals surface area (Å²) in [5, 5.41) is 19.9. The third-order valence-corrected chi connectivity index (χ3v) is 3.83. The van der Waals surface area contributed by atoms with Gasteiger partial charge in [0.2, 0.25) is 0 Å². The molecule has 0 spiro atoms. The molecule has 0 aliphatic rings. The summed E-state index contributed by atoms with van der Waals surface area (Å²) in [5.74, 6) is 0.887. The topological polar surface area (TPSA) is 73.5 Å². The molecule has 0 amide bonds. The summed E-state index contributed by atoms with van der Waals surface area (Å²) in [5.41, 5.74) is 2.18. The summed E-state index contributed by atoms with van der Waals surface area (Å²) < 4.78 is 3.78. The van der Waals surface area contributed by atoms with Gasteiger partial charge in [0.1, 0.15) is 0 Å². The van der Waals surface area contributed by atoms with Gasteiger partial charge >= 0.3 is 0 Å². The lowest BCUT2D eigenvalue weighted by molar-refractivity contribution is 0.447. The Labute approximate surface area is 141 Å². The minimum atomic E-state index is 0.370. The number of nitrogens with one attached hydrogen (secondary N) is 1. The molecule has 0 fully saturated rings. The monoisotopic (exact) mass is 325 g/mol. The van der Waals surface area contributed by atoms with Crippen LogP contribution < -0.4 is 5.32 Å². The molecule has 2 heterocycles. The summed E-state index contributed by atoms with van der Waals surface area (Å²) >= 11 is 0. The van der Waals surface area contributed by atoms with Gasteiger partial charge in [0, 0.05) is 18.7 Å². The van der Waals surface area contributed by atoms with Crippen LogP contribution in [0.25, 0.3) is 5.69 Å². The molecule has 1 N–H and O–H groups in total. The normalized spacial score (nSPS) is 12.4. The zero-order valence-electron chi connectivity index (χ0n) is 14.1. The highest BCUT2D eigenvalue weighted by Crippen LogP contribution is 2.08. The smallest absolute Gasteiger partial charge is 0.156 e. The number of hydrogen-bond donors (Lipinski definition) is 1. The second-order valence-electron chi connectivity index (χ2n) is 6.04. The van der Waals surface area contributed by atoms with Crippen LogP contribution in [0.4, 0.5) is 0 Å². The fourth-order valence-corrected chi connectivity index (χ4v) is 2.64. The Morgan fingerprint density at radius 1 is 1.21 bits per heavy atom. The van der Waals surface area contributed by atoms with Gasteiger partial charge in [0.05, 0.1) is 18.4 Å². The average molecular weight is 325 g/mol. The van der Waals surface area contributed by atoms with Crippen LogP contribution in [0.15, 0.2) is 42.7 Å². The van der Waals surface area contributed by atoms with Crippen LogP contribution in [0.2, 0.25) is 0 Å². The van der Waals surface area contributed by atoms with Gasteiger partial charge in [-0.15, -0.1) is 5.10 Å². The van der Waals surface area contributed by atoms with E-state index in [1.54, 1.807) is 4.68 Å².